The van der Waals surface area contributed by atoms with Crippen LogP contribution in [0.25, 0.3) is 5.76 Å². The fraction of sp³-hybridized carbons (Fsp3) is 0.185. The summed E-state index contributed by atoms with van der Waals surface area (Å²) in [5.74, 6) is -1.71. The lowest BCUT2D eigenvalue weighted by molar-refractivity contribution is -0.132. The summed E-state index contributed by atoms with van der Waals surface area (Å²) in [6, 6.07) is 18.0. The van der Waals surface area contributed by atoms with E-state index in [0.717, 1.165) is 6.42 Å². The predicted octanol–water partition coefficient (Wildman–Crippen LogP) is 5.25. The van der Waals surface area contributed by atoms with Gasteiger partial charge in [-0.05, 0) is 42.8 Å². The zero-order valence-electron chi connectivity index (χ0n) is 18.8. The lowest BCUT2D eigenvalue weighted by Gasteiger charge is -2.26. The van der Waals surface area contributed by atoms with Crippen molar-refractivity contribution in [3.05, 3.63) is 95.3 Å². The molecule has 4 rings (SSSR count). The van der Waals surface area contributed by atoms with Gasteiger partial charge in [0.2, 0.25) is 0 Å². The molecule has 1 fully saturated rings. The number of rotatable bonds is 7. The molecule has 1 amide bonds. The van der Waals surface area contributed by atoms with E-state index in [0.29, 0.717) is 29.2 Å². The van der Waals surface area contributed by atoms with Gasteiger partial charge in [-0.2, -0.15) is 0 Å². The van der Waals surface area contributed by atoms with E-state index in [4.69, 9.17) is 9.47 Å². The zero-order valence-corrected chi connectivity index (χ0v) is 18.8. The maximum absolute atomic E-state index is 14.1. The molecule has 174 valence electrons. The molecule has 0 saturated carbocycles. The van der Waals surface area contributed by atoms with E-state index in [-0.39, 0.29) is 17.0 Å². The van der Waals surface area contributed by atoms with E-state index in [1.54, 1.807) is 48.5 Å². The predicted molar refractivity (Wildman–Crippen MR) is 126 cm³/mol. The highest BCUT2D eigenvalue weighted by atomic mass is 19.1. The van der Waals surface area contributed by atoms with Gasteiger partial charge in [0, 0.05) is 16.8 Å². The van der Waals surface area contributed by atoms with Crippen molar-refractivity contribution in [2.24, 2.45) is 0 Å². The van der Waals surface area contributed by atoms with Crippen molar-refractivity contribution in [3.8, 4) is 11.5 Å². The highest BCUT2D eigenvalue weighted by Gasteiger charge is 2.48. The number of amides is 1. The van der Waals surface area contributed by atoms with Crippen LogP contribution in [0, 0.1) is 5.82 Å². The summed E-state index contributed by atoms with van der Waals surface area (Å²) >= 11 is 0. The Bertz CT molecular complexity index is 1270. The number of anilines is 1. The van der Waals surface area contributed by atoms with Crippen molar-refractivity contribution in [2.45, 2.75) is 19.4 Å². The van der Waals surface area contributed by atoms with Crippen molar-refractivity contribution >= 4 is 23.1 Å². The van der Waals surface area contributed by atoms with Crippen LogP contribution in [0.4, 0.5) is 10.1 Å². The molecule has 0 aliphatic carbocycles. The number of aliphatic hydroxyl groups excluding tert-OH is 1. The highest BCUT2D eigenvalue weighted by molar-refractivity contribution is 6.51. The first kappa shape index (κ1) is 23.0. The van der Waals surface area contributed by atoms with Crippen LogP contribution in [0.5, 0.6) is 11.5 Å². The number of hydrogen-bond acceptors (Lipinski definition) is 5. The Morgan fingerprint density at radius 2 is 1.79 bits per heavy atom. The summed E-state index contributed by atoms with van der Waals surface area (Å²) in [5.41, 5.74) is 0.877. The van der Waals surface area contributed by atoms with Gasteiger partial charge >= 0.3 is 0 Å². The van der Waals surface area contributed by atoms with Gasteiger partial charge in [0.15, 0.2) is 0 Å². The summed E-state index contributed by atoms with van der Waals surface area (Å²) < 4.78 is 25.2. The van der Waals surface area contributed by atoms with Crippen LogP contribution in [0.15, 0.2) is 78.4 Å². The number of para-hydroxylation sites is 1. The average molecular weight is 461 g/mol. The molecule has 1 N–H and O–H groups in total. The fourth-order valence-corrected chi connectivity index (χ4v) is 4.02. The molecule has 1 aliphatic rings. The van der Waals surface area contributed by atoms with E-state index in [9.17, 15) is 19.1 Å². The minimum absolute atomic E-state index is 0.119. The van der Waals surface area contributed by atoms with Crippen LogP contribution in [0.2, 0.25) is 0 Å². The molecule has 1 saturated heterocycles. The molecule has 1 aliphatic heterocycles. The summed E-state index contributed by atoms with van der Waals surface area (Å²) in [7, 11) is 1.47. The van der Waals surface area contributed by atoms with Crippen LogP contribution < -0.4 is 14.4 Å². The van der Waals surface area contributed by atoms with Gasteiger partial charge < -0.3 is 14.6 Å². The second-order valence-electron chi connectivity index (χ2n) is 7.77. The first-order valence-corrected chi connectivity index (χ1v) is 10.9. The Hall–Kier alpha value is -4.13. The molecule has 3 aromatic rings. The number of nitrogens with zero attached hydrogens (tertiary/aromatic N) is 1. The number of halogens is 1. The van der Waals surface area contributed by atoms with Gasteiger partial charge in [-0.15, -0.1) is 0 Å². The van der Waals surface area contributed by atoms with Crippen molar-refractivity contribution in [2.75, 3.05) is 18.6 Å². The van der Waals surface area contributed by atoms with E-state index in [2.05, 4.69) is 0 Å². The quantitative estimate of drug-likeness (QED) is 0.296. The summed E-state index contributed by atoms with van der Waals surface area (Å²) in [4.78, 5) is 27.6. The first-order valence-electron chi connectivity index (χ1n) is 10.9. The third kappa shape index (κ3) is 4.24. The molecule has 0 spiro atoms. The molecule has 34 heavy (non-hydrogen) atoms. The Morgan fingerprint density at radius 3 is 2.53 bits per heavy atom. The molecule has 1 heterocycles. The van der Waals surface area contributed by atoms with Crippen molar-refractivity contribution in [1.29, 1.82) is 0 Å². The zero-order chi connectivity index (χ0) is 24.2. The molecule has 7 heteroatoms. The van der Waals surface area contributed by atoms with Crippen LogP contribution in [-0.4, -0.2) is 30.5 Å². The third-order valence-corrected chi connectivity index (χ3v) is 5.54. The topological polar surface area (TPSA) is 76.1 Å². The second-order valence-corrected chi connectivity index (χ2v) is 7.77. The van der Waals surface area contributed by atoms with Crippen LogP contribution >= 0.6 is 0 Å². The summed E-state index contributed by atoms with van der Waals surface area (Å²) in [5, 5.41) is 11.3. The number of carbonyl (C=O) groups excluding carboxylic acids is 2. The Kier molecular flexibility index (Phi) is 6.63. The Labute approximate surface area is 196 Å². The number of benzene rings is 3. The van der Waals surface area contributed by atoms with Crippen LogP contribution in [-0.2, 0) is 9.59 Å². The standard InChI is InChI=1S/C27H24FNO5/c1-3-14-34-20-11-6-8-17(15-20)25(30)23-24(21-12-4-5-13-22(21)33-2)29(27(32)26(23)31)19-10-7-9-18(28)16-19/h4-13,15-16,24,30H,3,14H2,1-2H3/b25-23+. The maximum atomic E-state index is 14.1. The molecule has 0 bridgehead atoms. The second kappa shape index (κ2) is 9.79. The third-order valence-electron chi connectivity index (χ3n) is 5.54. The molecule has 0 aromatic heterocycles. The van der Waals surface area contributed by atoms with Gasteiger partial charge in [0.05, 0.1) is 25.3 Å². The smallest absolute Gasteiger partial charge is 0.300 e. The SMILES string of the molecule is CCCOc1cccc(/C(O)=C2\C(=O)C(=O)N(c3cccc(F)c3)C2c2ccccc2OC)c1. The van der Waals surface area contributed by atoms with Crippen molar-refractivity contribution < 1.29 is 28.6 Å². The molecule has 6 nitrogen and oxygen atoms in total. The summed E-state index contributed by atoms with van der Waals surface area (Å²) in [6.45, 7) is 2.47. The van der Waals surface area contributed by atoms with Crippen LogP contribution in [0.1, 0.15) is 30.5 Å². The van der Waals surface area contributed by atoms with Crippen molar-refractivity contribution in [1.82, 2.24) is 0 Å². The molecular formula is C27H24FNO5. The number of Topliss-reactive ketones (excluding diaryl/α,β-unsaturated/α-hetero) is 1. The lowest BCUT2D eigenvalue weighted by Crippen LogP contribution is -2.29. The van der Waals surface area contributed by atoms with Gasteiger partial charge in [0.25, 0.3) is 11.7 Å². The number of carbonyl (C=O) groups is 2. The van der Waals surface area contributed by atoms with Gasteiger partial charge in [-0.1, -0.05) is 43.3 Å². The average Bonchev–Trinajstić information content (AvgIpc) is 3.12. The maximum Gasteiger partial charge on any atom is 0.300 e. The van der Waals surface area contributed by atoms with Gasteiger partial charge in [0.1, 0.15) is 23.1 Å². The molecule has 1 atom stereocenters. The Balaban J connectivity index is 1.93. The van der Waals surface area contributed by atoms with E-state index < -0.39 is 23.5 Å². The normalized spacial score (nSPS) is 17.1. The summed E-state index contributed by atoms with van der Waals surface area (Å²) in [6.07, 6.45) is 0.808. The molecule has 0 radical (unpaired) electrons. The molecule has 3 aromatic carbocycles. The number of hydrogen-bond donors (Lipinski definition) is 1. The number of aliphatic hydroxyl groups is 1. The molecule has 1 unspecified atom stereocenters. The van der Waals surface area contributed by atoms with E-state index >= 15 is 0 Å². The molecular weight excluding hydrogens is 437 g/mol. The van der Waals surface area contributed by atoms with Gasteiger partial charge in [-0.3, -0.25) is 14.5 Å². The lowest BCUT2D eigenvalue weighted by atomic mass is 9.94. The fourth-order valence-electron chi connectivity index (χ4n) is 4.02. The largest absolute Gasteiger partial charge is 0.507 e. The highest BCUT2D eigenvalue weighted by Crippen LogP contribution is 2.45. The van der Waals surface area contributed by atoms with Crippen LogP contribution in [0.3, 0.4) is 0 Å². The number of ketones is 1. The number of ether oxygens (including phenoxy) is 2. The minimum atomic E-state index is -1.03. The van der Waals surface area contributed by atoms with Gasteiger partial charge in [-0.25, -0.2) is 4.39 Å². The van der Waals surface area contributed by atoms with E-state index in [1.807, 2.05) is 6.92 Å². The van der Waals surface area contributed by atoms with E-state index in [1.165, 1.54) is 36.3 Å². The van der Waals surface area contributed by atoms with Crippen molar-refractivity contribution in [3.63, 3.8) is 0 Å². The number of methoxy groups -OCH3 is 1. The Morgan fingerprint density at radius 1 is 1.03 bits per heavy atom. The first-order chi connectivity index (χ1) is 16.5. The minimum Gasteiger partial charge on any atom is -0.507 e. The monoisotopic (exact) mass is 461 g/mol.